The zero-order valence-corrected chi connectivity index (χ0v) is 12.9. The van der Waals surface area contributed by atoms with Gasteiger partial charge in [-0.1, -0.05) is 6.92 Å². The Labute approximate surface area is 130 Å². The van der Waals surface area contributed by atoms with Crippen molar-refractivity contribution in [2.75, 3.05) is 0 Å². The van der Waals surface area contributed by atoms with Gasteiger partial charge in [0.2, 0.25) is 0 Å². The number of aromatic nitrogens is 1. The van der Waals surface area contributed by atoms with Crippen LogP contribution in [0.15, 0.2) is 24.3 Å². The van der Waals surface area contributed by atoms with E-state index < -0.39 is 17.9 Å². The minimum Gasteiger partial charge on any atom is -0.480 e. The molecule has 1 heterocycles. The molecule has 0 spiro atoms. The molecule has 2 N–H and O–H groups in total. The van der Waals surface area contributed by atoms with Crippen LogP contribution >= 0.6 is 11.3 Å². The van der Waals surface area contributed by atoms with Crippen molar-refractivity contribution >= 4 is 23.2 Å². The fraction of sp³-hybridized carbons (Fsp3) is 0.267. The standard InChI is InChI=1S/C15H15FN2O3S/c1-3-11(15(20)21)18-13(19)12-8(2)17-14(22-12)9-4-6-10(16)7-5-9/h4-7,11H,3H2,1-2H3,(H,18,19)(H,20,21). The lowest BCUT2D eigenvalue weighted by atomic mass is 10.2. The van der Waals surface area contributed by atoms with Crippen LogP contribution in [0.3, 0.4) is 0 Å². The van der Waals surface area contributed by atoms with Gasteiger partial charge < -0.3 is 10.4 Å². The molecule has 1 unspecified atom stereocenters. The maximum absolute atomic E-state index is 12.9. The number of carbonyl (C=O) groups is 2. The molecule has 0 saturated heterocycles. The summed E-state index contributed by atoms with van der Waals surface area (Å²) in [5, 5.41) is 12.0. The minimum atomic E-state index is -1.07. The lowest BCUT2D eigenvalue weighted by Crippen LogP contribution is -2.40. The summed E-state index contributed by atoms with van der Waals surface area (Å²) in [6, 6.07) is 4.89. The molecule has 1 aromatic carbocycles. The van der Waals surface area contributed by atoms with Crippen LogP contribution in [-0.4, -0.2) is 28.0 Å². The van der Waals surface area contributed by atoms with Crippen molar-refractivity contribution in [3.05, 3.63) is 40.7 Å². The highest BCUT2D eigenvalue weighted by Crippen LogP contribution is 2.28. The number of benzene rings is 1. The van der Waals surface area contributed by atoms with Crippen LogP contribution in [0, 0.1) is 12.7 Å². The second-order valence-electron chi connectivity index (χ2n) is 4.71. The topological polar surface area (TPSA) is 79.3 Å². The number of nitrogens with one attached hydrogen (secondary N) is 1. The van der Waals surface area contributed by atoms with Crippen molar-refractivity contribution < 1.29 is 19.1 Å². The number of thiazole rings is 1. The maximum atomic E-state index is 12.9. The van der Waals surface area contributed by atoms with Crippen molar-refractivity contribution in [1.82, 2.24) is 10.3 Å². The number of aliphatic carboxylic acids is 1. The molecule has 0 aliphatic rings. The van der Waals surface area contributed by atoms with Gasteiger partial charge in [-0.2, -0.15) is 0 Å². The number of carboxylic acids is 1. The van der Waals surface area contributed by atoms with Gasteiger partial charge in [0, 0.05) is 5.56 Å². The van der Waals surface area contributed by atoms with Crippen molar-refractivity contribution in [2.24, 2.45) is 0 Å². The van der Waals surface area contributed by atoms with Crippen LogP contribution < -0.4 is 5.32 Å². The van der Waals surface area contributed by atoms with E-state index in [9.17, 15) is 14.0 Å². The van der Waals surface area contributed by atoms with Crippen LogP contribution in [0.4, 0.5) is 4.39 Å². The quantitative estimate of drug-likeness (QED) is 0.887. The summed E-state index contributed by atoms with van der Waals surface area (Å²) in [5.41, 5.74) is 1.22. The Balaban J connectivity index is 2.24. The normalized spacial score (nSPS) is 12.0. The Kier molecular flexibility index (Phi) is 4.87. The molecule has 1 atom stereocenters. The molecule has 1 aromatic heterocycles. The Morgan fingerprint density at radius 3 is 2.55 bits per heavy atom. The molecular weight excluding hydrogens is 307 g/mol. The van der Waals surface area contributed by atoms with Crippen LogP contribution in [0.2, 0.25) is 0 Å². The Hall–Kier alpha value is -2.28. The highest BCUT2D eigenvalue weighted by atomic mass is 32.1. The van der Waals surface area contributed by atoms with E-state index in [1.165, 1.54) is 12.1 Å². The van der Waals surface area contributed by atoms with Gasteiger partial charge in [-0.25, -0.2) is 14.2 Å². The van der Waals surface area contributed by atoms with E-state index in [4.69, 9.17) is 5.11 Å². The zero-order valence-electron chi connectivity index (χ0n) is 12.1. The largest absolute Gasteiger partial charge is 0.480 e. The number of hydrogen-bond acceptors (Lipinski definition) is 4. The first-order valence-electron chi connectivity index (χ1n) is 6.69. The zero-order chi connectivity index (χ0) is 16.3. The minimum absolute atomic E-state index is 0.295. The predicted molar refractivity (Wildman–Crippen MR) is 81.4 cm³/mol. The second kappa shape index (κ2) is 6.65. The smallest absolute Gasteiger partial charge is 0.326 e. The molecule has 7 heteroatoms. The van der Waals surface area contributed by atoms with E-state index in [-0.39, 0.29) is 5.82 Å². The van der Waals surface area contributed by atoms with Crippen LogP contribution in [-0.2, 0) is 4.79 Å². The first kappa shape index (κ1) is 16.1. The molecule has 0 fully saturated rings. The summed E-state index contributed by atoms with van der Waals surface area (Å²) in [7, 11) is 0. The fourth-order valence-electron chi connectivity index (χ4n) is 1.89. The van der Waals surface area contributed by atoms with E-state index in [1.54, 1.807) is 26.0 Å². The van der Waals surface area contributed by atoms with Gasteiger partial charge in [0.25, 0.3) is 5.91 Å². The van der Waals surface area contributed by atoms with Gasteiger partial charge in [-0.05, 0) is 37.6 Å². The maximum Gasteiger partial charge on any atom is 0.326 e. The lowest BCUT2D eigenvalue weighted by Gasteiger charge is -2.11. The van der Waals surface area contributed by atoms with Gasteiger partial charge in [-0.15, -0.1) is 11.3 Å². The summed E-state index contributed by atoms with van der Waals surface area (Å²) in [5.74, 6) is -1.88. The average molecular weight is 322 g/mol. The molecule has 1 amide bonds. The Bertz CT molecular complexity index is 697. The number of aryl methyl sites for hydroxylation is 1. The number of carbonyl (C=O) groups excluding carboxylic acids is 1. The highest BCUT2D eigenvalue weighted by Gasteiger charge is 2.22. The fourth-order valence-corrected chi connectivity index (χ4v) is 2.86. The van der Waals surface area contributed by atoms with Crippen LogP contribution in [0.25, 0.3) is 10.6 Å². The van der Waals surface area contributed by atoms with Crippen molar-refractivity contribution in [1.29, 1.82) is 0 Å². The molecule has 0 radical (unpaired) electrons. The third-order valence-corrected chi connectivity index (χ3v) is 4.31. The highest BCUT2D eigenvalue weighted by molar-refractivity contribution is 7.17. The second-order valence-corrected chi connectivity index (χ2v) is 5.71. The van der Waals surface area contributed by atoms with Crippen molar-refractivity contribution in [2.45, 2.75) is 26.3 Å². The van der Waals surface area contributed by atoms with Crippen molar-refractivity contribution in [3.63, 3.8) is 0 Å². The molecular formula is C15H15FN2O3S. The van der Waals surface area contributed by atoms with Crippen LogP contribution in [0.1, 0.15) is 28.7 Å². The average Bonchev–Trinajstić information content (AvgIpc) is 2.87. The van der Waals surface area contributed by atoms with Gasteiger partial charge in [0.05, 0.1) is 5.69 Å². The van der Waals surface area contributed by atoms with E-state index in [2.05, 4.69) is 10.3 Å². The van der Waals surface area contributed by atoms with Gasteiger partial charge in [0.1, 0.15) is 21.7 Å². The molecule has 22 heavy (non-hydrogen) atoms. The molecule has 5 nitrogen and oxygen atoms in total. The summed E-state index contributed by atoms with van der Waals surface area (Å²) < 4.78 is 12.9. The molecule has 2 aromatic rings. The van der Waals surface area contributed by atoms with Gasteiger partial charge in [-0.3, -0.25) is 4.79 Å². The van der Waals surface area contributed by atoms with E-state index >= 15 is 0 Å². The summed E-state index contributed by atoms with van der Waals surface area (Å²) in [6.45, 7) is 3.36. The Morgan fingerprint density at radius 2 is 2.00 bits per heavy atom. The first-order chi connectivity index (χ1) is 10.4. The summed E-state index contributed by atoms with van der Waals surface area (Å²) in [6.07, 6.45) is 0.295. The summed E-state index contributed by atoms with van der Waals surface area (Å²) >= 11 is 1.15. The molecule has 0 saturated carbocycles. The SMILES string of the molecule is CCC(NC(=O)c1sc(-c2ccc(F)cc2)nc1C)C(=O)O. The monoisotopic (exact) mass is 322 g/mol. The van der Waals surface area contributed by atoms with E-state index in [1.807, 2.05) is 0 Å². The van der Waals surface area contributed by atoms with Gasteiger partial charge in [0.15, 0.2) is 0 Å². The number of hydrogen-bond donors (Lipinski definition) is 2. The summed E-state index contributed by atoms with van der Waals surface area (Å²) in [4.78, 5) is 27.8. The Morgan fingerprint density at radius 1 is 1.36 bits per heavy atom. The van der Waals surface area contributed by atoms with E-state index in [0.717, 1.165) is 11.3 Å². The number of amides is 1. The number of nitrogens with zero attached hydrogens (tertiary/aromatic N) is 1. The van der Waals surface area contributed by atoms with Gasteiger partial charge >= 0.3 is 5.97 Å². The third-order valence-electron chi connectivity index (χ3n) is 3.11. The van der Waals surface area contributed by atoms with Crippen LogP contribution in [0.5, 0.6) is 0 Å². The lowest BCUT2D eigenvalue weighted by molar-refractivity contribution is -0.139. The number of halogens is 1. The van der Waals surface area contributed by atoms with E-state index in [0.29, 0.717) is 27.6 Å². The molecule has 116 valence electrons. The van der Waals surface area contributed by atoms with Crippen molar-refractivity contribution in [3.8, 4) is 10.6 Å². The number of carboxylic acid groups (broad SMARTS) is 1. The molecule has 0 bridgehead atoms. The molecule has 2 rings (SSSR count). The molecule has 0 aliphatic heterocycles. The first-order valence-corrected chi connectivity index (χ1v) is 7.51. The predicted octanol–water partition coefficient (Wildman–Crippen LogP) is 2.85. The molecule has 0 aliphatic carbocycles. The number of rotatable bonds is 5. The third kappa shape index (κ3) is 3.48.